The van der Waals surface area contributed by atoms with Gasteiger partial charge in [-0.05, 0) is 18.2 Å². The van der Waals surface area contributed by atoms with Gasteiger partial charge in [0.2, 0.25) is 0 Å². The monoisotopic (exact) mass is 327 g/mol. The molecule has 2 aromatic carbocycles. The molecule has 0 radical (unpaired) electrons. The number of rotatable bonds is 5. The summed E-state index contributed by atoms with van der Waals surface area (Å²) in [5.74, 6) is 0.444. The Labute approximate surface area is 130 Å². The van der Waals surface area contributed by atoms with Crippen LogP contribution in [-0.2, 0) is 13.2 Å². The first kappa shape index (κ1) is 15.6. The minimum Gasteiger partial charge on any atom is -0.488 e. The van der Waals surface area contributed by atoms with Gasteiger partial charge >= 0.3 is 0 Å². The second kappa shape index (κ2) is 6.76. The van der Waals surface area contributed by atoms with Crippen molar-refractivity contribution in [1.29, 1.82) is 0 Å². The Morgan fingerprint density at radius 3 is 2.57 bits per heavy atom. The SMILES string of the molecule is O=[N+]([O-])c1ccc(COc2cccc(Cl)c2CO)c(Cl)c1. The molecule has 2 rings (SSSR count). The molecule has 0 amide bonds. The third-order valence-electron chi connectivity index (χ3n) is 2.86. The number of hydrogen-bond acceptors (Lipinski definition) is 4. The van der Waals surface area contributed by atoms with Crippen molar-refractivity contribution >= 4 is 28.9 Å². The highest BCUT2D eigenvalue weighted by Gasteiger charge is 2.11. The fraction of sp³-hybridized carbons (Fsp3) is 0.143. The molecule has 0 aliphatic rings. The molecule has 0 atom stereocenters. The molecule has 0 aromatic heterocycles. The number of nitro groups is 1. The van der Waals surface area contributed by atoms with Crippen LogP contribution < -0.4 is 4.74 Å². The van der Waals surface area contributed by atoms with E-state index < -0.39 is 4.92 Å². The fourth-order valence-corrected chi connectivity index (χ4v) is 2.20. The number of hydrogen-bond donors (Lipinski definition) is 1. The summed E-state index contributed by atoms with van der Waals surface area (Å²) in [6.45, 7) is -0.132. The normalized spacial score (nSPS) is 10.4. The van der Waals surface area contributed by atoms with Gasteiger partial charge in [-0.15, -0.1) is 0 Å². The smallest absolute Gasteiger partial charge is 0.270 e. The number of nitro benzene ring substituents is 1. The highest BCUT2D eigenvalue weighted by Crippen LogP contribution is 2.28. The van der Waals surface area contributed by atoms with Crippen LogP contribution in [-0.4, -0.2) is 10.0 Å². The van der Waals surface area contributed by atoms with Gasteiger partial charge in [-0.1, -0.05) is 29.3 Å². The molecule has 0 bridgehead atoms. The van der Waals surface area contributed by atoms with E-state index in [1.807, 2.05) is 0 Å². The molecule has 0 heterocycles. The lowest BCUT2D eigenvalue weighted by atomic mass is 10.2. The third kappa shape index (κ3) is 3.64. The van der Waals surface area contributed by atoms with Crippen LogP contribution in [0, 0.1) is 10.1 Å². The van der Waals surface area contributed by atoms with E-state index in [1.54, 1.807) is 18.2 Å². The van der Waals surface area contributed by atoms with Crippen LogP contribution in [0.3, 0.4) is 0 Å². The average molecular weight is 328 g/mol. The molecule has 0 fully saturated rings. The van der Waals surface area contributed by atoms with Gasteiger partial charge in [0, 0.05) is 28.3 Å². The lowest BCUT2D eigenvalue weighted by Crippen LogP contribution is -2.00. The van der Waals surface area contributed by atoms with E-state index in [1.165, 1.54) is 18.2 Å². The van der Waals surface area contributed by atoms with Crippen molar-refractivity contribution in [3.63, 3.8) is 0 Å². The average Bonchev–Trinajstić information content (AvgIpc) is 2.45. The van der Waals surface area contributed by atoms with Crippen LogP contribution in [0.5, 0.6) is 5.75 Å². The summed E-state index contributed by atoms with van der Waals surface area (Å²) in [6, 6.07) is 9.19. The molecule has 1 N–H and O–H groups in total. The first-order chi connectivity index (χ1) is 10.0. The summed E-state index contributed by atoms with van der Waals surface area (Å²) in [7, 11) is 0. The number of aliphatic hydroxyl groups excluding tert-OH is 1. The van der Waals surface area contributed by atoms with E-state index in [4.69, 9.17) is 27.9 Å². The van der Waals surface area contributed by atoms with E-state index in [0.29, 0.717) is 21.9 Å². The van der Waals surface area contributed by atoms with Gasteiger partial charge in [-0.25, -0.2) is 0 Å². The van der Waals surface area contributed by atoms with E-state index in [9.17, 15) is 15.2 Å². The second-order valence-corrected chi connectivity index (χ2v) is 5.01. The van der Waals surface area contributed by atoms with Gasteiger partial charge in [0.05, 0.1) is 16.6 Å². The van der Waals surface area contributed by atoms with Crippen molar-refractivity contribution in [2.45, 2.75) is 13.2 Å². The van der Waals surface area contributed by atoms with Gasteiger partial charge in [0.15, 0.2) is 0 Å². The van der Waals surface area contributed by atoms with E-state index >= 15 is 0 Å². The van der Waals surface area contributed by atoms with Crippen LogP contribution in [0.2, 0.25) is 10.0 Å². The van der Waals surface area contributed by atoms with E-state index in [-0.39, 0.29) is 23.9 Å². The van der Waals surface area contributed by atoms with Crippen LogP contribution in [0.1, 0.15) is 11.1 Å². The molecule has 0 aliphatic heterocycles. The van der Waals surface area contributed by atoms with E-state index in [2.05, 4.69) is 0 Å². The third-order valence-corrected chi connectivity index (χ3v) is 3.57. The van der Waals surface area contributed by atoms with Gasteiger partial charge in [-0.2, -0.15) is 0 Å². The molecule has 110 valence electrons. The summed E-state index contributed by atoms with van der Waals surface area (Å²) in [5.41, 5.74) is 1.01. The Morgan fingerprint density at radius 2 is 1.95 bits per heavy atom. The van der Waals surface area contributed by atoms with Crippen LogP contribution >= 0.6 is 23.2 Å². The summed E-state index contributed by atoms with van der Waals surface area (Å²) < 4.78 is 5.58. The van der Waals surface area contributed by atoms with Crippen molar-refractivity contribution in [2.75, 3.05) is 0 Å². The van der Waals surface area contributed by atoms with Crippen LogP contribution in [0.25, 0.3) is 0 Å². The van der Waals surface area contributed by atoms with Crippen molar-refractivity contribution in [3.05, 3.63) is 67.7 Å². The molecule has 0 aliphatic carbocycles. The zero-order chi connectivity index (χ0) is 15.4. The topological polar surface area (TPSA) is 72.6 Å². The Morgan fingerprint density at radius 1 is 1.19 bits per heavy atom. The maximum atomic E-state index is 10.6. The number of ether oxygens (including phenoxy) is 1. The summed E-state index contributed by atoms with van der Waals surface area (Å²) in [4.78, 5) is 10.1. The largest absolute Gasteiger partial charge is 0.488 e. The molecule has 0 spiro atoms. The molecule has 5 nitrogen and oxygen atoms in total. The molecule has 7 heteroatoms. The Hall–Kier alpha value is -1.82. The molecule has 0 unspecified atom stereocenters. The maximum Gasteiger partial charge on any atom is 0.270 e. The Balaban J connectivity index is 2.17. The Bertz CT molecular complexity index is 676. The Kier molecular flexibility index (Phi) is 5.01. The molecule has 21 heavy (non-hydrogen) atoms. The molecule has 0 saturated carbocycles. The highest BCUT2D eigenvalue weighted by molar-refractivity contribution is 6.31. The molecular formula is C14H11Cl2NO4. The fourth-order valence-electron chi connectivity index (χ4n) is 1.75. The summed E-state index contributed by atoms with van der Waals surface area (Å²) in [5, 5.41) is 20.6. The minimum atomic E-state index is -0.517. The summed E-state index contributed by atoms with van der Waals surface area (Å²) >= 11 is 11.9. The molecule has 2 aromatic rings. The van der Waals surface area contributed by atoms with Crippen molar-refractivity contribution in [3.8, 4) is 5.75 Å². The standard InChI is InChI=1S/C14H11Cl2NO4/c15-12-2-1-3-14(11(12)7-18)21-8-9-4-5-10(17(19)20)6-13(9)16/h1-6,18H,7-8H2. The van der Waals surface area contributed by atoms with Crippen LogP contribution in [0.4, 0.5) is 5.69 Å². The lowest BCUT2D eigenvalue weighted by Gasteiger charge is -2.12. The number of nitrogens with zero attached hydrogens (tertiary/aromatic N) is 1. The van der Waals surface area contributed by atoms with Crippen LogP contribution in [0.15, 0.2) is 36.4 Å². The van der Waals surface area contributed by atoms with Gasteiger partial charge in [0.25, 0.3) is 5.69 Å². The van der Waals surface area contributed by atoms with Crippen molar-refractivity contribution < 1.29 is 14.8 Å². The summed E-state index contributed by atoms with van der Waals surface area (Å²) in [6.07, 6.45) is 0. The quantitative estimate of drug-likeness (QED) is 0.666. The first-order valence-electron chi connectivity index (χ1n) is 5.96. The molecule has 0 saturated heterocycles. The zero-order valence-corrected chi connectivity index (χ0v) is 12.3. The number of benzene rings is 2. The molecular weight excluding hydrogens is 317 g/mol. The lowest BCUT2D eigenvalue weighted by molar-refractivity contribution is -0.384. The van der Waals surface area contributed by atoms with Crippen molar-refractivity contribution in [1.82, 2.24) is 0 Å². The predicted octanol–water partition coefficient (Wildman–Crippen LogP) is 3.97. The minimum absolute atomic E-state index is 0.0810. The highest BCUT2D eigenvalue weighted by atomic mass is 35.5. The van der Waals surface area contributed by atoms with Gasteiger partial charge in [-0.3, -0.25) is 10.1 Å². The van der Waals surface area contributed by atoms with Crippen molar-refractivity contribution in [2.24, 2.45) is 0 Å². The number of aliphatic hydroxyl groups is 1. The first-order valence-corrected chi connectivity index (χ1v) is 6.72. The predicted molar refractivity (Wildman–Crippen MR) is 79.8 cm³/mol. The second-order valence-electron chi connectivity index (χ2n) is 4.20. The van der Waals surface area contributed by atoms with E-state index in [0.717, 1.165) is 0 Å². The maximum absolute atomic E-state index is 10.6. The number of halogens is 2. The van der Waals surface area contributed by atoms with Gasteiger partial charge < -0.3 is 9.84 Å². The number of non-ortho nitro benzene ring substituents is 1. The van der Waals surface area contributed by atoms with Gasteiger partial charge in [0.1, 0.15) is 12.4 Å². The zero-order valence-electron chi connectivity index (χ0n) is 10.8.